The van der Waals surface area contributed by atoms with Crippen molar-refractivity contribution in [2.75, 3.05) is 6.54 Å². The predicted molar refractivity (Wildman–Crippen MR) is 56.7 cm³/mol. The maximum atomic E-state index is 5.22. The van der Waals surface area contributed by atoms with Gasteiger partial charge in [0.1, 0.15) is 4.99 Å². The van der Waals surface area contributed by atoms with Crippen LogP contribution in [0.1, 0.15) is 18.4 Å². The number of nitrogens with zero attached hydrogens (tertiary/aromatic N) is 1. The van der Waals surface area contributed by atoms with E-state index in [9.17, 15) is 0 Å². The SMILES string of the molecule is S=C(NCC1CC1)c1cccnc1. The molecule has 2 rings (SSSR count). The first kappa shape index (κ1) is 8.63. The summed E-state index contributed by atoms with van der Waals surface area (Å²) in [5, 5.41) is 3.25. The highest BCUT2D eigenvalue weighted by atomic mass is 32.1. The van der Waals surface area contributed by atoms with Gasteiger partial charge < -0.3 is 5.32 Å². The molecule has 0 atom stereocenters. The van der Waals surface area contributed by atoms with Crippen molar-refractivity contribution in [2.24, 2.45) is 5.92 Å². The van der Waals surface area contributed by atoms with E-state index in [2.05, 4.69) is 10.3 Å². The maximum Gasteiger partial charge on any atom is 0.108 e. The summed E-state index contributed by atoms with van der Waals surface area (Å²) < 4.78 is 0. The highest BCUT2D eigenvalue weighted by Crippen LogP contribution is 2.27. The van der Waals surface area contributed by atoms with Gasteiger partial charge in [0.05, 0.1) is 0 Å². The predicted octanol–water partition coefficient (Wildman–Crippen LogP) is 1.76. The van der Waals surface area contributed by atoms with Crippen LogP contribution in [0.5, 0.6) is 0 Å². The fraction of sp³-hybridized carbons (Fsp3) is 0.400. The Labute approximate surface area is 83.4 Å². The Bertz CT molecular complexity index is 293. The summed E-state index contributed by atoms with van der Waals surface area (Å²) in [6, 6.07) is 3.88. The standard InChI is InChI=1S/C10H12N2S/c13-10(12-6-8-3-4-8)9-2-1-5-11-7-9/h1-2,5,7-8H,3-4,6H2,(H,12,13). The van der Waals surface area contributed by atoms with Gasteiger partial charge in [-0.15, -0.1) is 0 Å². The monoisotopic (exact) mass is 192 g/mol. The van der Waals surface area contributed by atoms with Gasteiger partial charge in [0, 0.05) is 24.5 Å². The molecule has 0 aromatic carbocycles. The molecule has 1 N–H and O–H groups in total. The van der Waals surface area contributed by atoms with Crippen LogP contribution >= 0.6 is 12.2 Å². The molecule has 3 heteroatoms. The number of hydrogen-bond donors (Lipinski definition) is 1. The van der Waals surface area contributed by atoms with E-state index in [-0.39, 0.29) is 0 Å². The first-order valence-electron chi connectivity index (χ1n) is 4.54. The van der Waals surface area contributed by atoms with Crippen molar-refractivity contribution in [1.29, 1.82) is 0 Å². The molecule has 0 saturated heterocycles. The van der Waals surface area contributed by atoms with Crippen LogP contribution in [0.3, 0.4) is 0 Å². The van der Waals surface area contributed by atoms with Crippen molar-refractivity contribution >= 4 is 17.2 Å². The zero-order valence-corrected chi connectivity index (χ0v) is 8.18. The van der Waals surface area contributed by atoms with Crippen LogP contribution in [-0.4, -0.2) is 16.5 Å². The molecule has 13 heavy (non-hydrogen) atoms. The zero-order valence-electron chi connectivity index (χ0n) is 7.36. The summed E-state index contributed by atoms with van der Waals surface area (Å²) in [7, 11) is 0. The fourth-order valence-corrected chi connectivity index (χ4v) is 1.36. The van der Waals surface area contributed by atoms with Gasteiger partial charge in [0.2, 0.25) is 0 Å². The lowest BCUT2D eigenvalue weighted by Crippen LogP contribution is -2.24. The van der Waals surface area contributed by atoms with Gasteiger partial charge in [-0.05, 0) is 30.9 Å². The van der Waals surface area contributed by atoms with Gasteiger partial charge in [-0.2, -0.15) is 0 Å². The summed E-state index contributed by atoms with van der Waals surface area (Å²) in [6.07, 6.45) is 6.25. The van der Waals surface area contributed by atoms with E-state index in [0.717, 1.165) is 23.0 Å². The lowest BCUT2D eigenvalue weighted by atomic mass is 10.3. The molecule has 0 amide bonds. The van der Waals surface area contributed by atoms with Crippen LogP contribution in [0, 0.1) is 5.92 Å². The molecular weight excluding hydrogens is 180 g/mol. The number of thiocarbonyl (C=S) groups is 1. The van der Waals surface area contributed by atoms with E-state index in [1.807, 2.05) is 12.1 Å². The second-order valence-corrected chi connectivity index (χ2v) is 3.80. The van der Waals surface area contributed by atoms with Crippen LogP contribution in [0.2, 0.25) is 0 Å². The Morgan fingerprint density at radius 1 is 1.62 bits per heavy atom. The molecule has 1 aliphatic carbocycles. The van der Waals surface area contributed by atoms with Gasteiger partial charge in [0.15, 0.2) is 0 Å². The number of nitrogens with one attached hydrogen (secondary N) is 1. The molecule has 1 aromatic rings. The molecule has 1 aromatic heterocycles. The molecule has 0 spiro atoms. The summed E-state index contributed by atoms with van der Waals surface area (Å²) >= 11 is 5.22. The second-order valence-electron chi connectivity index (χ2n) is 3.40. The first-order chi connectivity index (χ1) is 6.36. The number of rotatable bonds is 3. The van der Waals surface area contributed by atoms with E-state index in [0.29, 0.717) is 0 Å². The van der Waals surface area contributed by atoms with Crippen LogP contribution in [-0.2, 0) is 0 Å². The Morgan fingerprint density at radius 2 is 2.46 bits per heavy atom. The average molecular weight is 192 g/mol. The van der Waals surface area contributed by atoms with E-state index in [4.69, 9.17) is 12.2 Å². The topological polar surface area (TPSA) is 24.9 Å². The van der Waals surface area contributed by atoms with E-state index in [1.165, 1.54) is 12.8 Å². The third kappa shape index (κ3) is 2.49. The van der Waals surface area contributed by atoms with Crippen LogP contribution < -0.4 is 5.32 Å². The molecular formula is C10H12N2S. The van der Waals surface area contributed by atoms with Gasteiger partial charge in [0.25, 0.3) is 0 Å². The Hall–Kier alpha value is -0.960. The van der Waals surface area contributed by atoms with Crippen molar-refractivity contribution in [3.05, 3.63) is 30.1 Å². The highest BCUT2D eigenvalue weighted by molar-refractivity contribution is 7.80. The van der Waals surface area contributed by atoms with Crippen LogP contribution in [0.25, 0.3) is 0 Å². The molecule has 1 heterocycles. The van der Waals surface area contributed by atoms with E-state index in [1.54, 1.807) is 12.4 Å². The fourth-order valence-electron chi connectivity index (χ4n) is 1.16. The largest absolute Gasteiger partial charge is 0.375 e. The van der Waals surface area contributed by atoms with Gasteiger partial charge >= 0.3 is 0 Å². The average Bonchev–Trinajstić information content (AvgIpc) is 2.99. The first-order valence-corrected chi connectivity index (χ1v) is 4.95. The summed E-state index contributed by atoms with van der Waals surface area (Å²) in [6.45, 7) is 1.02. The minimum absolute atomic E-state index is 0.819. The molecule has 1 aliphatic rings. The summed E-state index contributed by atoms with van der Waals surface area (Å²) in [5.74, 6) is 0.856. The van der Waals surface area contributed by atoms with E-state index >= 15 is 0 Å². The van der Waals surface area contributed by atoms with Gasteiger partial charge in [-0.3, -0.25) is 4.98 Å². The number of aromatic nitrogens is 1. The second kappa shape index (κ2) is 3.83. The zero-order chi connectivity index (χ0) is 9.10. The lowest BCUT2D eigenvalue weighted by molar-refractivity contribution is 0.778. The Morgan fingerprint density at radius 3 is 3.08 bits per heavy atom. The van der Waals surface area contributed by atoms with Crippen LogP contribution in [0.15, 0.2) is 24.5 Å². The molecule has 2 nitrogen and oxygen atoms in total. The van der Waals surface area contributed by atoms with Crippen molar-refractivity contribution in [1.82, 2.24) is 10.3 Å². The number of hydrogen-bond acceptors (Lipinski definition) is 2. The Balaban J connectivity index is 1.89. The minimum Gasteiger partial charge on any atom is -0.375 e. The van der Waals surface area contributed by atoms with Gasteiger partial charge in [-0.25, -0.2) is 0 Å². The van der Waals surface area contributed by atoms with Crippen molar-refractivity contribution in [3.63, 3.8) is 0 Å². The quantitative estimate of drug-likeness (QED) is 0.739. The molecule has 1 fully saturated rings. The number of pyridine rings is 1. The van der Waals surface area contributed by atoms with Crippen LogP contribution in [0.4, 0.5) is 0 Å². The normalized spacial score (nSPS) is 15.4. The van der Waals surface area contributed by atoms with Crippen molar-refractivity contribution < 1.29 is 0 Å². The van der Waals surface area contributed by atoms with E-state index < -0.39 is 0 Å². The molecule has 1 saturated carbocycles. The molecule has 68 valence electrons. The molecule has 0 bridgehead atoms. The molecule has 0 radical (unpaired) electrons. The maximum absolute atomic E-state index is 5.22. The highest BCUT2D eigenvalue weighted by Gasteiger charge is 2.20. The third-order valence-corrected chi connectivity index (χ3v) is 2.55. The smallest absolute Gasteiger partial charge is 0.108 e. The molecule has 0 unspecified atom stereocenters. The van der Waals surface area contributed by atoms with Crippen molar-refractivity contribution in [3.8, 4) is 0 Å². The summed E-state index contributed by atoms with van der Waals surface area (Å²) in [5.41, 5.74) is 1.01. The lowest BCUT2D eigenvalue weighted by Gasteiger charge is -2.05. The minimum atomic E-state index is 0.819. The summed E-state index contributed by atoms with van der Waals surface area (Å²) in [4.78, 5) is 4.84. The third-order valence-electron chi connectivity index (χ3n) is 2.17. The van der Waals surface area contributed by atoms with Gasteiger partial charge in [-0.1, -0.05) is 12.2 Å². The molecule has 0 aliphatic heterocycles. The Kier molecular flexibility index (Phi) is 2.54. The van der Waals surface area contributed by atoms with Crippen molar-refractivity contribution in [2.45, 2.75) is 12.8 Å².